The van der Waals surface area contributed by atoms with Crippen LogP contribution < -0.4 is 0 Å². The van der Waals surface area contributed by atoms with Gasteiger partial charge in [0.05, 0.1) is 6.61 Å². The molecular weight excluding hydrogens is 156 g/mol. The van der Waals surface area contributed by atoms with E-state index in [0.717, 1.165) is 10.9 Å². The summed E-state index contributed by atoms with van der Waals surface area (Å²) >= 11 is 3.24. The fourth-order valence-corrected chi connectivity index (χ4v) is 0.388. The number of halogens is 1. The molecule has 0 rings (SSSR count). The molecule has 0 aromatic carbocycles. The molecule has 0 aromatic rings. The molecule has 0 amide bonds. The van der Waals surface area contributed by atoms with Gasteiger partial charge in [-0.1, -0.05) is 22.9 Å². The van der Waals surface area contributed by atoms with Crippen LogP contribution in [0.4, 0.5) is 0 Å². The Kier molecular flexibility index (Phi) is 4.45. The van der Waals surface area contributed by atoms with E-state index in [9.17, 15) is 0 Å². The molecule has 0 aliphatic heterocycles. The predicted octanol–water partition coefficient (Wildman–Crippen LogP) is 1.67. The molecule has 0 spiro atoms. The van der Waals surface area contributed by atoms with Crippen molar-refractivity contribution < 1.29 is 5.11 Å². The maximum atomic E-state index is 8.26. The third-order valence-corrected chi connectivity index (χ3v) is 1.54. The van der Waals surface area contributed by atoms with E-state index in [1.165, 1.54) is 0 Å². The molecule has 0 unspecified atom stereocenters. The summed E-state index contributed by atoms with van der Waals surface area (Å²) < 4.78 is 1.06. The normalized spacial score (nSPS) is 12.1. The first kappa shape index (κ1) is 7.18. The molecule has 0 atom stereocenters. The number of aliphatic hydroxyl groups excluding tert-OH is 1. The lowest BCUT2D eigenvalue weighted by molar-refractivity contribution is 0.342. The fourth-order valence-electron chi connectivity index (χ4n) is 0.243. The van der Waals surface area contributed by atoms with E-state index in [0.29, 0.717) is 0 Å². The maximum absolute atomic E-state index is 8.26. The van der Waals surface area contributed by atoms with Crippen LogP contribution in [-0.2, 0) is 0 Å². The van der Waals surface area contributed by atoms with Gasteiger partial charge in [0.15, 0.2) is 0 Å². The molecule has 0 aliphatic rings. The molecule has 0 heterocycles. The van der Waals surface area contributed by atoms with Crippen molar-refractivity contribution in [2.75, 3.05) is 6.61 Å². The van der Waals surface area contributed by atoms with Crippen molar-refractivity contribution in [3.05, 3.63) is 10.6 Å². The highest BCUT2D eigenvalue weighted by Gasteiger charge is 1.79. The van der Waals surface area contributed by atoms with Gasteiger partial charge in [-0.05, 0) is 17.0 Å². The topological polar surface area (TPSA) is 20.2 Å². The number of allylic oxidation sites excluding steroid dienone is 1. The molecule has 0 bridgehead atoms. The minimum absolute atomic E-state index is 0.133. The van der Waals surface area contributed by atoms with Crippen molar-refractivity contribution in [1.29, 1.82) is 0 Å². The Morgan fingerprint density at radius 3 is 2.57 bits per heavy atom. The smallest absolute Gasteiger partial charge is 0.0623 e. The summed E-state index contributed by atoms with van der Waals surface area (Å²) in [6.07, 6.45) is 2.70. The highest BCUT2D eigenvalue weighted by molar-refractivity contribution is 9.11. The average Bonchev–Trinajstić information content (AvgIpc) is 1.68. The van der Waals surface area contributed by atoms with E-state index in [2.05, 4.69) is 15.9 Å². The van der Waals surface area contributed by atoms with Crippen molar-refractivity contribution in [3.8, 4) is 0 Å². The first-order valence-electron chi connectivity index (χ1n) is 2.26. The van der Waals surface area contributed by atoms with Crippen molar-refractivity contribution in [2.24, 2.45) is 0 Å². The Bertz CT molecular complexity index is 68.5. The minimum atomic E-state index is 0.133. The summed E-state index contributed by atoms with van der Waals surface area (Å²) in [7, 11) is 0. The number of hydrogen-bond acceptors (Lipinski definition) is 1. The van der Waals surface area contributed by atoms with Crippen molar-refractivity contribution in [3.63, 3.8) is 0 Å². The molecule has 42 valence electrons. The largest absolute Gasteiger partial charge is 0.392 e. The molecule has 1 N–H and O–H groups in total. The lowest BCUT2D eigenvalue weighted by atomic mass is 10.4. The molecule has 2 heteroatoms. The summed E-state index contributed by atoms with van der Waals surface area (Å²) in [5.41, 5.74) is 0. The Hall–Kier alpha value is 0.180. The van der Waals surface area contributed by atoms with Crippen LogP contribution in [0.2, 0.25) is 0 Å². The standard InChI is InChI=1S/C5H9BrO/c1-2-5(6)3-4-7/h3,7H,2,4H2,1H3/b5-3+. The Morgan fingerprint density at radius 2 is 2.43 bits per heavy atom. The van der Waals surface area contributed by atoms with E-state index < -0.39 is 0 Å². The van der Waals surface area contributed by atoms with Gasteiger partial charge in [0.2, 0.25) is 0 Å². The Labute approximate surface area is 52.2 Å². The van der Waals surface area contributed by atoms with Gasteiger partial charge in [0.25, 0.3) is 0 Å². The molecule has 0 saturated heterocycles. The third kappa shape index (κ3) is 4.02. The zero-order chi connectivity index (χ0) is 5.70. The van der Waals surface area contributed by atoms with E-state index in [-0.39, 0.29) is 6.61 Å². The van der Waals surface area contributed by atoms with Gasteiger partial charge in [-0.2, -0.15) is 0 Å². The van der Waals surface area contributed by atoms with Crippen molar-refractivity contribution >= 4 is 15.9 Å². The predicted molar refractivity (Wildman–Crippen MR) is 34.4 cm³/mol. The first-order valence-corrected chi connectivity index (χ1v) is 3.06. The van der Waals surface area contributed by atoms with E-state index >= 15 is 0 Å². The molecule has 1 nitrogen and oxygen atoms in total. The molecule has 0 radical (unpaired) electrons. The minimum Gasteiger partial charge on any atom is -0.392 e. The van der Waals surface area contributed by atoms with Gasteiger partial charge in [-0.3, -0.25) is 0 Å². The second kappa shape index (κ2) is 4.34. The van der Waals surface area contributed by atoms with Crippen LogP contribution in [0, 0.1) is 0 Å². The molecule has 0 aromatic heterocycles. The van der Waals surface area contributed by atoms with E-state index in [1.807, 2.05) is 6.92 Å². The van der Waals surface area contributed by atoms with Gasteiger partial charge in [0.1, 0.15) is 0 Å². The van der Waals surface area contributed by atoms with E-state index in [1.54, 1.807) is 6.08 Å². The SMILES string of the molecule is CC/C(Br)=C\CO. The molecule has 0 saturated carbocycles. The highest BCUT2D eigenvalue weighted by Crippen LogP contribution is 2.06. The summed E-state index contributed by atoms with van der Waals surface area (Å²) in [4.78, 5) is 0. The van der Waals surface area contributed by atoms with Gasteiger partial charge in [-0.15, -0.1) is 0 Å². The Balaban J connectivity index is 3.29. The Morgan fingerprint density at radius 1 is 1.86 bits per heavy atom. The van der Waals surface area contributed by atoms with Crippen LogP contribution >= 0.6 is 15.9 Å². The quantitative estimate of drug-likeness (QED) is 0.659. The fraction of sp³-hybridized carbons (Fsp3) is 0.600. The van der Waals surface area contributed by atoms with Crippen molar-refractivity contribution in [2.45, 2.75) is 13.3 Å². The van der Waals surface area contributed by atoms with Crippen LogP contribution in [0.5, 0.6) is 0 Å². The van der Waals surface area contributed by atoms with Crippen LogP contribution in [0.1, 0.15) is 13.3 Å². The molecular formula is C5H9BrO. The zero-order valence-corrected chi connectivity index (χ0v) is 5.90. The lowest BCUT2D eigenvalue weighted by Crippen LogP contribution is -1.73. The average molecular weight is 165 g/mol. The summed E-state index contributed by atoms with van der Waals surface area (Å²) in [5, 5.41) is 8.26. The first-order chi connectivity index (χ1) is 3.31. The van der Waals surface area contributed by atoms with Gasteiger partial charge in [0, 0.05) is 0 Å². The molecule has 0 fully saturated rings. The zero-order valence-electron chi connectivity index (χ0n) is 4.32. The van der Waals surface area contributed by atoms with Gasteiger partial charge >= 0.3 is 0 Å². The highest BCUT2D eigenvalue weighted by atomic mass is 79.9. The number of aliphatic hydroxyl groups is 1. The summed E-state index contributed by atoms with van der Waals surface area (Å²) in [5.74, 6) is 0. The van der Waals surface area contributed by atoms with Crippen LogP contribution in [0.25, 0.3) is 0 Å². The van der Waals surface area contributed by atoms with Crippen LogP contribution in [-0.4, -0.2) is 11.7 Å². The lowest BCUT2D eigenvalue weighted by Gasteiger charge is -1.85. The third-order valence-electron chi connectivity index (χ3n) is 0.651. The van der Waals surface area contributed by atoms with Crippen LogP contribution in [0.3, 0.4) is 0 Å². The van der Waals surface area contributed by atoms with Gasteiger partial charge in [-0.25, -0.2) is 0 Å². The molecule has 7 heavy (non-hydrogen) atoms. The number of rotatable bonds is 2. The van der Waals surface area contributed by atoms with E-state index in [4.69, 9.17) is 5.11 Å². The number of hydrogen-bond donors (Lipinski definition) is 1. The van der Waals surface area contributed by atoms with Crippen LogP contribution in [0.15, 0.2) is 10.6 Å². The second-order valence-electron chi connectivity index (χ2n) is 1.19. The maximum Gasteiger partial charge on any atom is 0.0623 e. The van der Waals surface area contributed by atoms with Crippen molar-refractivity contribution in [1.82, 2.24) is 0 Å². The monoisotopic (exact) mass is 164 g/mol. The molecule has 0 aliphatic carbocycles. The second-order valence-corrected chi connectivity index (χ2v) is 2.21. The summed E-state index contributed by atoms with van der Waals surface area (Å²) in [6.45, 7) is 2.16. The van der Waals surface area contributed by atoms with Gasteiger partial charge < -0.3 is 5.11 Å². The summed E-state index contributed by atoms with van der Waals surface area (Å²) in [6, 6.07) is 0.